The first kappa shape index (κ1) is 13.8. The lowest BCUT2D eigenvalue weighted by atomic mass is 9.97. The number of imide groups is 1. The van der Waals surface area contributed by atoms with E-state index in [-0.39, 0.29) is 18.4 Å². The van der Waals surface area contributed by atoms with Gasteiger partial charge in [-0.2, -0.15) is 0 Å². The van der Waals surface area contributed by atoms with E-state index in [0.717, 1.165) is 12.8 Å². The summed E-state index contributed by atoms with van der Waals surface area (Å²) in [5.74, 6) is -0.392. The third kappa shape index (κ3) is 2.31. The van der Waals surface area contributed by atoms with Crippen LogP contribution in [0.1, 0.15) is 40.0 Å². The van der Waals surface area contributed by atoms with E-state index in [1.165, 1.54) is 4.90 Å². The van der Waals surface area contributed by atoms with Crippen molar-refractivity contribution in [2.75, 3.05) is 13.1 Å². The summed E-state index contributed by atoms with van der Waals surface area (Å²) < 4.78 is 0. The van der Waals surface area contributed by atoms with E-state index in [4.69, 9.17) is 0 Å². The largest absolute Gasteiger partial charge is 0.338 e. The van der Waals surface area contributed by atoms with Crippen molar-refractivity contribution in [1.82, 2.24) is 15.1 Å². The van der Waals surface area contributed by atoms with E-state index >= 15 is 0 Å². The third-order valence-electron chi connectivity index (χ3n) is 4.18. The second-order valence-corrected chi connectivity index (χ2v) is 5.38. The predicted molar refractivity (Wildman–Crippen MR) is 69.3 cm³/mol. The minimum Gasteiger partial charge on any atom is -0.338 e. The monoisotopic (exact) mass is 267 g/mol. The average Bonchev–Trinajstić information content (AvgIpc) is 3.16. The quantitative estimate of drug-likeness (QED) is 0.746. The minimum atomic E-state index is -0.907. The Bertz CT molecular complexity index is 419. The molecule has 1 atom stereocenters. The summed E-state index contributed by atoms with van der Waals surface area (Å²) in [5, 5.41) is 2.29. The van der Waals surface area contributed by atoms with Crippen LogP contribution >= 0.6 is 0 Å². The lowest BCUT2D eigenvalue weighted by Crippen LogP contribution is -2.51. The summed E-state index contributed by atoms with van der Waals surface area (Å²) in [4.78, 5) is 39.1. The highest BCUT2D eigenvalue weighted by Gasteiger charge is 2.49. The van der Waals surface area contributed by atoms with Gasteiger partial charge in [0.05, 0.1) is 0 Å². The van der Waals surface area contributed by atoms with Crippen LogP contribution in [0.25, 0.3) is 0 Å². The van der Waals surface area contributed by atoms with Crippen molar-refractivity contribution in [3.63, 3.8) is 0 Å². The van der Waals surface area contributed by atoms with E-state index in [9.17, 15) is 14.4 Å². The van der Waals surface area contributed by atoms with Gasteiger partial charge in [0, 0.05) is 12.6 Å². The fourth-order valence-corrected chi connectivity index (χ4v) is 2.49. The molecule has 1 aliphatic carbocycles. The Hall–Kier alpha value is -1.59. The number of urea groups is 1. The van der Waals surface area contributed by atoms with Crippen LogP contribution in [-0.4, -0.2) is 52.3 Å². The Morgan fingerprint density at radius 3 is 2.53 bits per heavy atom. The maximum absolute atomic E-state index is 12.3. The zero-order chi connectivity index (χ0) is 14.2. The molecule has 0 bridgehead atoms. The van der Waals surface area contributed by atoms with E-state index < -0.39 is 11.6 Å². The first-order chi connectivity index (χ1) is 8.93. The molecule has 0 spiro atoms. The van der Waals surface area contributed by atoms with Gasteiger partial charge in [0.25, 0.3) is 5.91 Å². The van der Waals surface area contributed by atoms with Crippen molar-refractivity contribution in [2.24, 2.45) is 0 Å². The second-order valence-electron chi connectivity index (χ2n) is 5.38. The number of nitrogens with zero attached hydrogens (tertiary/aromatic N) is 2. The van der Waals surface area contributed by atoms with Crippen LogP contribution in [0.15, 0.2) is 0 Å². The maximum atomic E-state index is 12.3. The van der Waals surface area contributed by atoms with Crippen molar-refractivity contribution in [1.29, 1.82) is 0 Å². The van der Waals surface area contributed by atoms with E-state index in [2.05, 4.69) is 5.32 Å². The topological polar surface area (TPSA) is 69.7 Å². The standard InChI is InChI=1S/C13H21N3O3/c1-4-13(3)11(18)14-12(19)16(13)8-10(17)15(5-2)9-6-7-9/h9H,4-8H2,1-3H3,(H,14,18,19). The molecule has 6 heteroatoms. The number of amides is 4. The van der Waals surface area contributed by atoms with E-state index in [1.54, 1.807) is 11.8 Å². The third-order valence-corrected chi connectivity index (χ3v) is 4.18. The lowest BCUT2D eigenvalue weighted by molar-refractivity contribution is -0.134. The number of hydrogen-bond acceptors (Lipinski definition) is 3. The summed E-state index contributed by atoms with van der Waals surface area (Å²) in [7, 11) is 0. The minimum absolute atomic E-state index is 0.0216. The normalized spacial score (nSPS) is 26.6. The summed E-state index contributed by atoms with van der Waals surface area (Å²) in [5.41, 5.74) is -0.907. The van der Waals surface area contributed by atoms with Gasteiger partial charge in [-0.05, 0) is 33.1 Å². The Labute approximate surface area is 113 Å². The molecule has 0 aromatic carbocycles. The van der Waals surface area contributed by atoms with Crippen LogP contribution in [0, 0.1) is 0 Å². The highest BCUT2D eigenvalue weighted by Crippen LogP contribution is 2.29. The highest BCUT2D eigenvalue weighted by molar-refractivity contribution is 6.07. The zero-order valence-corrected chi connectivity index (χ0v) is 11.7. The average molecular weight is 267 g/mol. The Morgan fingerprint density at radius 1 is 1.42 bits per heavy atom. The number of nitrogens with one attached hydrogen (secondary N) is 1. The molecule has 2 fully saturated rings. The van der Waals surface area contributed by atoms with Gasteiger partial charge in [0.1, 0.15) is 12.1 Å². The summed E-state index contributed by atoms with van der Waals surface area (Å²) >= 11 is 0. The SMILES string of the molecule is CCN(C(=O)CN1C(=O)NC(=O)C1(C)CC)C1CC1. The van der Waals surface area contributed by atoms with Crippen molar-refractivity contribution >= 4 is 17.8 Å². The van der Waals surface area contributed by atoms with Crippen LogP contribution in [0.5, 0.6) is 0 Å². The zero-order valence-electron chi connectivity index (χ0n) is 11.7. The lowest BCUT2D eigenvalue weighted by Gasteiger charge is -2.32. The fourth-order valence-electron chi connectivity index (χ4n) is 2.49. The van der Waals surface area contributed by atoms with Crippen LogP contribution in [-0.2, 0) is 9.59 Å². The van der Waals surface area contributed by atoms with Gasteiger partial charge < -0.3 is 9.80 Å². The van der Waals surface area contributed by atoms with Crippen molar-refractivity contribution < 1.29 is 14.4 Å². The first-order valence-electron chi connectivity index (χ1n) is 6.86. The Kier molecular flexibility index (Phi) is 3.52. The Balaban J connectivity index is 2.10. The predicted octanol–water partition coefficient (Wildman–Crippen LogP) is 0.718. The molecule has 2 aliphatic rings. The molecule has 4 amide bonds. The van der Waals surface area contributed by atoms with Gasteiger partial charge in [0.2, 0.25) is 5.91 Å². The number of hydrogen-bond donors (Lipinski definition) is 1. The molecule has 0 aromatic rings. The van der Waals surface area contributed by atoms with Gasteiger partial charge in [-0.15, -0.1) is 0 Å². The van der Waals surface area contributed by atoms with Crippen LogP contribution in [0.4, 0.5) is 4.79 Å². The molecule has 106 valence electrons. The van der Waals surface area contributed by atoms with E-state index in [1.807, 2.05) is 13.8 Å². The Morgan fingerprint density at radius 2 is 2.05 bits per heavy atom. The molecule has 1 N–H and O–H groups in total. The van der Waals surface area contributed by atoms with Gasteiger partial charge >= 0.3 is 6.03 Å². The molecule has 6 nitrogen and oxygen atoms in total. The molecule has 0 aromatic heterocycles. The van der Waals surface area contributed by atoms with Crippen LogP contribution in [0.2, 0.25) is 0 Å². The summed E-state index contributed by atoms with van der Waals surface area (Å²) in [6, 6.07) is -0.138. The fraction of sp³-hybridized carbons (Fsp3) is 0.769. The maximum Gasteiger partial charge on any atom is 0.325 e. The van der Waals surface area contributed by atoms with E-state index in [0.29, 0.717) is 19.0 Å². The molecule has 1 aliphatic heterocycles. The number of rotatable bonds is 5. The second kappa shape index (κ2) is 4.83. The molecular formula is C13H21N3O3. The van der Waals surface area contributed by atoms with Gasteiger partial charge in [0.15, 0.2) is 0 Å². The first-order valence-corrected chi connectivity index (χ1v) is 6.86. The van der Waals surface area contributed by atoms with Gasteiger partial charge in [-0.3, -0.25) is 14.9 Å². The molecule has 1 heterocycles. The van der Waals surface area contributed by atoms with Crippen LogP contribution < -0.4 is 5.32 Å². The summed E-state index contributed by atoms with van der Waals surface area (Å²) in [6.45, 7) is 6.11. The van der Waals surface area contributed by atoms with Gasteiger partial charge in [-0.25, -0.2) is 4.79 Å². The smallest absolute Gasteiger partial charge is 0.325 e. The summed E-state index contributed by atoms with van der Waals surface area (Å²) in [6.07, 6.45) is 2.57. The molecule has 1 unspecified atom stereocenters. The van der Waals surface area contributed by atoms with Crippen molar-refractivity contribution in [2.45, 2.75) is 51.6 Å². The molecular weight excluding hydrogens is 246 g/mol. The molecule has 19 heavy (non-hydrogen) atoms. The van der Waals surface area contributed by atoms with Gasteiger partial charge in [-0.1, -0.05) is 6.92 Å². The number of carbonyl (C=O) groups excluding carboxylic acids is 3. The molecule has 1 saturated carbocycles. The van der Waals surface area contributed by atoms with Crippen LogP contribution in [0.3, 0.4) is 0 Å². The van der Waals surface area contributed by atoms with Crippen molar-refractivity contribution in [3.8, 4) is 0 Å². The number of likely N-dealkylation sites (N-methyl/N-ethyl adjacent to an activating group) is 1. The number of carbonyl (C=O) groups is 3. The van der Waals surface area contributed by atoms with Crippen molar-refractivity contribution in [3.05, 3.63) is 0 Å². The highest BCUT2D eigenvalue weighted by atomic mass is 16.2. The molecule has 0 radical (unpaired) electrons. The molecule has 2 rings (SSSR count). The molecule has 1 saturated heterocycles.